The Morgan fingerprint density at radius 2 is 2.08 bits per heavy atom. The predicted molar refractivity (Wildman–Crippen MR) is 84.1 cm³/mol. The first-order valence-corrected chi connectivity index (χ1v) is 7.92. The average Bonchev–Trinajstić information content (AvgIpc) is 3.17. The molecule has 1 aliphatic heterocycles. The van der Waals surface area contributed by atoms with Crippen LogP contribution in [0.4, 0.5) is 13.2 Å². The van der Waals surface area contributed by atoms with Crippen LogP contribution in [0.2, 0.25) is 0 Å². The summed E-state index contributed by atoms with van der Waals surface area (Å²) in [7, 11) is 0. The molecule has 0 radical (unpaired) electrons. The molecular weight excluding hydrogens is 335 g/mol. The zero-order valence-corrected chi connectivity index (χ0v) is 13.6. The molecule has 8 heteroatoms. The maximum absolute atomic E-state index is 12.6. The number of H-pyrrole nitrogens is 1. The predicted octanol–water partition coefficient (Wildman–Crippen LogP) is 3.55. The standard InChI is InChI=1S/C17H18F3N3O2/c1-16(7-2-8-23(16)15(24)13-10-21-22-11-13)9-12-3-5-14(6-4-12)25-17(18,19)20/h3-6,10-11H,2,7-9H2,1H3,(H,21,22). The Kier molecular flexibility index (Phi) is 4.45. The van der Waals surface area contributed by atoms with Gasteiger partial charge in [-0.3, -0.25) is 9.89 Å². The number of carbonyl (C=O) groups is 1. The van der Waals surface area contributed by atoms with Gasteiger partial charge in [0, 0.05) is 18.3 Å². The summed E-state index contributed by atoms with van der Waals surface area (Å²) in [5, 5.41) is 6.44. The molecule has 0 saturated carbocycles. The van der Waals surface area contributed by atoms with Crippen molar-refractivity contribution in [3.05, 3.63) is 47.8 Å². The topological polar surface area (TPSA) is 58.2 Å². The number of rotatable bonds is 4. The van der Waals surface area contributed by atoms with E-state index in [4.69, 9.17) is 0 Å². The highest BCUT2D eigenvalue weighted by molar-refractivity contribution is 5.94. The molecule has 1 N–H and O–H groups in total. The van der Waals surface area contributed by atoms with Crippen LogP contribution in [0, 0.1) is 0 Å². The second-order valence-corrected chi connectivity index (χ2v) is 6.41. The molecule has 1 aliphatic rings. The van der Waals surface area contributed by atoms with Gasteiger partial charge in [0.15, 0.2) is 0 Å². The number of benzene rings is 1. The monoisotopic (exact) mass is 353 g/mol. The molecule has 3 rings (SSSR count). The fourth-order valence-corrected chi connectivity index (χ4v) is 3.33. The molecule has 1 aromatic carbocycles. The van der Waals surface area contributed by atoms with Gasteiger partial charge in [0.1, 0.15) is 5.75 Å². The van der Waals surface area contributed by atoms with Crippen LogP contribution in [-0.2, 0) is 6.42 Å². The van der Waals surface area contributed by atoms with E-state index < -0.39 is 6.36 Å². The van der Waals surface area contributed by atoms with Gasteiger partial charge in [0.25, 0.3) is 5.91 Å². The Labute approximate surface area is 142 Å². The van der Waals surface area contributed by atoms with Crippen molar-refractivity contribution in [2.75, 3.05) is 6.54 Å². The van der Waals surface area contributed by atoms with E-state index in [-0.39, 0.29) is 17.2 Å². The zero-order chi connectivity index (χ0) is 18.1. The van der Waals surface area contributed by atoms with Crippen LogP contribution in [0.1, 0.15) is 35.7 Å². The lowest BCUT2D eigenvalue weighted by atomic mass is 9.90. The van der Waals surface area contributed by atoms with E-state index in [1.165, 1.54) is 18.3 Å². The van der Waals surface area contributed by atoms with Crippen LogP contribution in [0.5, 0.6) is 5.75 Å². The summed E-state index contributed by atoms with van der Waals surface area (Å²) in [6.07, 6.45) is 0.622. The smallest absolute Gasteiger partial charge is 0.406 e. The Morgan fingerprint density at radius 3 is 2.68 bits per heavy atom. The van der Waals surface area contributed by atoms with Crippen molar-refractivity contribution in [1.29, 1.82) is 0 Å². The number of hydrogen-bond donors (Lipinski definition) is 1. The molecule has 2 heterocycles. The third kappa shape index (κ3) is 3.94. The molecule has 0 aliphatic carbocycles. The lowest BCUT2D eigenvalue weighted by Gasteiger charge is -2.35. The minimum absolute atomic E-state index is 0.0919. The van der Waals surface area contributed by atoms with Crippen molar-refractivity contribution >= 4 is 5.91 Å². The maximum atomic E-state index is 12.6. The number of aromatic nitrogens is 2. The van der Waals surface area contributed by atoms with Gasteiger partial charge in [-0.25, -0.2) is 0 Å². The molecule has 1 unspecified atom stereocenters. The van der Waals surface area contributed by atoms with Crippen molar-refractivity contribution in [2.24, 2.45) is 0 Å². The molecule has 134 valence electrons. The molecule has 1 atom stereocenters. The first kappa shape index (κ1) is 17.3. The molecule has 1 amide bonds. The number of nitrogens with one attached hydrogen (secondary N) is 1. The third-order valence-corrected chi connectivity index (χ3v) is 4.48. The third-order valence-electron chi connectivity index (χ3n) is 4.48. The molecule has 1 saturated heterocycles. The number of aromatic amines is 1. The highest BCUT2D eigenvalue weighted by atomic mass is 19.4. The molecule has 1 aromatic heterocycles. The quantitative estimate of drug-likeness (QED) is 0.915. The molecule has 0 bridgehead atoms. The van der Waals surface area contributed by atoms with Crippen LogP contribution in [0.15, 0.2) is 36.7 Å². The highest BCUT2D eigenvalue weighted by Gasteiger charge is 2.40. The van der Waals surface area contributed by atoms with Crippen molar-refractivity contribution in [1.82, 2.24) is 15.1 Å². The molecular formula is C17H18F3N3O2. The number of carbonyl (C=O) groups excluding carboxylic acids is 1. The van der Waals surface area contributed by atoms with Crippen LogP contribution in [0.25, 0.3) is 0 Å². The number of likely N-dealkylation sites (tertiary alicyclic amines) is 1. The van der Waals surface area contributed by atoms with Crippen LogP contribution in [-0.4, -0.2) is 39.5 Å². The Balaban J connectivity index is 1.73. The SMILES string of the molecule is CC1(Cc2ccc(OC(F)(F)F)cc2)CCCN1C(=O)c1cn[nH]c1. The Bertz CT molecular complexity index is 729. The highest BCUT2D eigenvalue weighted by Crippen LogP contribution is 2.34. The van der Waals surface area contributed by atoms with E-state index in [9.17, 15) is 18.0 Å². The van der Waals surface area contributed by atoms with Gasteiger partial charge < -0.3 is 9.64 Å². The zero-order valence-electron chi connectivity index (χ0n) is 13.6. The van der Waals surface area contributed by atoms with Gasteiger partial charge in [0.05, 0.1) is 11.8 Å². The van der Waals surface area contributed by atoms with E-state index in [0.29, 0.717) is 18.5 Å². The molecule has 0 spiro atoms. The molecule has 1 fully saturated rings. The fraction of sp³-hybridized carbons (Fsp3) is 0.412. The summed E-state index contributed by atoms with van der Waals surface area (Å²) in [4.78, 5) is 14.5. The van der Waals surface area contributed by atoms with Crippen molar-refractivity contribution in [3.63, 3.8) is 0 Å². The Hall–Kier alpha value is -2.51. The van der Waals surface area contributed by atoms with E-state index in [0.717, 1.165) is 18.4 Å². The first-order chi connectivity index (χ1) is 11.8. The molecule has 25 heavy (non-hydrogen) atoms. The summed E-state index contributed by atoms with van der Waals surface area (Å²) in [6.45, 7) is 2.65. The van der Waals surface area contributed by atoms with E-state index in [2.05, 4.69) is 14.9 Å². The van der Waals surface area contributed by atoms with Gasteiger partial charge >= 0.3 is 6.36 Å². The van der Waals surface area contributed by atoms with E-state index in [1.807, 2.05) is 11.8 Å². The second kappa shape index (κ2) is 6.42. The maximum Gasteiger partial charge on any atom is 0.573 e. The number of halogens is 3. The van der Waals surface area contributed by atoms with Gasteiger partial charge in [-0.05, 0) is 43.9 Å². The summed E-state index contributed by atoms with van der Waals surface area (Å²) >= 11 is 0. The normalized spacial score (nSPS) is 20.7. The molecule has 5 nitrogen and oxygen atoms in total. The second-order valence-electron chi connectivity index (χ2n) is 6.41. The van der Waals surface area contributed by atoms with Crippen molar-refractivity contribution < 1.29 is 22.7 Å². The summed E-state index contributed by atoms with van der Waals surface area (Å²) < 4.78 is 40.6. The molecule has 2 aromatic rings. The van der Waals surface area contributed by atoms with Gasteiger partial charge in [-0.2, -0.15) is 5.10 Å². The number of amides is 1. The van der Waals surface area contributed by atoms with Gasteiger partial charge in [0.2, 0.25) is 0 Å². The largest absolute Gasteiger partial charge is 0.573 e. The number of nitrogens with zero attached hydrogens (tertiary/aromatic N) is 2. The minimum atomic E-state index is -4.70. The van der Waals surface area contributed by atoms with Crippen molar-refractivity contribution in [2.45, 2.75) is 38.1 Å². The first-order valence-electron chi connectivity index (χ1n) is 7.92. The lowest BCUT2D eigenvalue weighted by Crippen LogP contribution is -2.46. The van der Waals surface area contributed by atoms with Crippen LogP contribution < -0.4 is 4.74 Å². The van der Waals surface area contributed by atoms with Gasteiger partial charge in [-0.1, -0.05) is 12.1 Å². The van der Waals surface area contributed by atoms with Crippen molar-refractivity contribution in [3.8, 4) is 5.75 Å². The number of ether oxygens (including phenoxy) is 1. The van der Waals surface area contributed by atoms with Crippen LogP contribution in [0.3, 0.4) is 0 Å². The number of hydrogen-bond acceptors (Lipinski definition) is 3. The van der Waals surface area contributed by atoms with E-state index in [1.54, 1.807) is 18.3 Å². The minimum Gasteiger partial charge on any atom is -0.406 e. The summed E-state index contributed by atoms with van der Waals surface area (Å²) in [5.41, 5.74) is 0.965. The van der Waals surface area contributed by atoms with Crippen LogP contribution >= 0.6 is 0 Å². The lowest BCUT2D eigenvalue weighted by molar-refractivity contribution is -0.274. The fourth-order valence-electron chi connectivity index (χ4n) is 3.33. The summed E-state index contributed by atoms with van der Waals surface area (Å²) in [6, 6.07) is 5.79. The average molecular weight is 353 g/mol. The summed E-state index contributed by atoms with van der Waals surface area (Å²) in [5.74, 6) is -0.343. The number of alkyl halides is 3. The Morgan fingerprint density at radius 1 is 1.36 bits per heavy atom. The van der Waals surface area contributed by atoms with Gasteiger partial charge in [-0.15, -0.1) is 13.2 Å². The van der Waals surface area contributed by atoms with E-state index >= 15 is 0 Å².